The molecular formula is C22H28BrN3O2. The average Bonchev–Trinajstić information content (AvgIpc) is 2.89. The predicted molar refractivity (Wildman–Crippen MR) is 112 cm³/mol. The molecule has 4 bridgehead atoms. The van der Waals surface area contributed by atoms with E-state index in [4.69, 9.17) is 0 Å². The van der Waals surface area contributed by atoms with Crippen LogP contribution in [0.4, 0.5) is 5.69 Å². The molecule has 1 amide bonds. The van der Waals surface area contributed by atoms with Crippen LogP contribution in [0.3, 0.4) is 0 Å². The maximum atomic E-state index is 13.9. The van der Waals surface area contributed by atoms with Gasteiger partial charge in [0, 0.05) is 42.8 Å². The number of amides is 1. The Bertz CT molecular complexity index is 867. The lowest BCUT2D eigenvalue weighted by Crippen LogP contribution is -2.83. The van der Waals surface area contributed by atoms with Crippen molar-refractivity contribution in [2.24, 2.45) is 10.8 Å². The van der Waals surface area contributed by atoms with Crippen molar-refractivity contribution in [2.75, 3.05) is 37.6 Å². The summed E-state index contributed by atoms with van der Waals surface area (Å²) in [7, 11) is 0. The first-order valence-corrected chi connectivity index (χ1v) is 11.3. The van der Waals surface area contributed by atoms with Crippen LogP contribution in [0.15, 0.2) is 22.7 Å². The number of fused-ring (bicyclic) bond motifs is 1. The van der Waals surface area contributed by atoms with Gasteiger partial charge in [-0.15, -0.1) is 0 Å². The summed E-state index contributed by atoms with van der Waals surface area (Å²) in [6.45, 7) is 9.74. The molecule has 2 unspecified atom stereocenters. The maximum absolute atomic E-state index is 13.9. The summed E-state index contributed by atoms with van der Waals surface area (Å²) < 4.78 is 0.996. The number of carbonyl (C=O) groups excluding carboxylic acids is 2. The number of carbonyl (C=O) groups is 2. The third-order valence-electron chi connectivity index (χ3n) is 7.51. The molecule has 5 nitrogen and oxygen atoms in total. The number of halogens is 1. The van der Waals surface area contributed by atoms with Crippen LogP contribution in [0.25, 0.3) is 0 Å². The van der Waals surface area contributed by atoms with Crippen LogP contribution in [0, 0.1) is 10.8 Å². The van der Waals surface area contributed by atoms with Crippen molar-refractivity contribution in [3.05, 3.63) is 28.2 Å². The van der Waals surface area contributed by atoms with E-state index in [2.05, 4.69) is 51.7 Å². The Morgan fingerprint density at radius 3 is 2.36 bits per heavy atom. The van der Waals surface area contributed by atoms with Gasteiger partial charge < -0.3 is 4.90 Å². The molecular weight excluding hydrogens is 418 g/mol. The van der Waals surface area contributed by atoms with Gasteiger partial charge in [0.2, 0.25) is 0 Å². The molecule has 0 N–H and O–H groups in total. The molecule has 4 fully saturated rings. The van der Waals surface area contributed by atoms with E-state index in [-0.39, 0.29) is 16.7 Å². The molecule has 28 heavy (non-hydrogen) atoms. The Labute approximate surface area is 175 Å². The van der Waals surface area contributed by atoms with Crippen LogP contribution in [-0.4, -0.2) is 54.2 Å². The normalized spacial score (nSPS) is 40.6. The van der Waals surface area contributed by atoms with Gasteiger partial charge in [-0.1, -0.05) is 42.6 Å². The number of anilines is 1. The quantitative estimate of drug-likeness (QED) is 0.712. The minimum atomic E-state index is -0.745. The molecule has 4 saturated heterocycles. The highest BCUT2D eigenvalue weighted by atomic mass is 79.9. The van der Waals surface area contributed by atoms with E-state index in [9.17, 15) is 9.59 Å². The largest absolute Gasteiger partial charge is 0.309 e. The smallest absolute Gasteiger partial charge is 0.267 e. The Morgan fingerprint density at radius 1 is 1.07 bits per heavy atom. The number of hydrogen-bond donors (Lipinski definition) is 0. The summed E-state index contributed by atoms with van der Waals surface area (Å²) in [6.07, 6.45) is 3.08. The summed E-state index contributed by atoms with van der Waals surface area (Å²) in [5.74, 6) is 0.589. The summed E-state index contributed by atoms with van der Waals surface area (Å²) in [5, 5.41) is 0. The zero-order valence-electron chi connectivity index (χ0n) is 16.9. The van der Waals surface area contributed by atoms with Gasteiger partial charge in [0.25, 0.3) is 5.91 Å². The molecule has 2 atom stereocenters. The lowest BCUT2D eigenvalue weighted by molar-refractivity contribution is -0.232. The second-order valence-corrected chi connectivity index (χ2v) is 10.3. The SMILES string of the molecule is CCCCC12CN3CC(C)(CN(C1)C31C(=O)N(CC)c3ccc(Br)cc31)C2=O. The van der Waals surface area contributed by atoms with E-state index in [1.165, 1.54) is 0 Å². The predicted octanol–water partition coefficient (Wildman–Crippen LogP) is 3.37. The average molecular weight is 446 g/mol. The molecule has 6 rings (SSSR count). The summed E-state index contributed by atoms with van der Waals surface area (Å²) in [5.41, 5.74) is 0.655. The highest BCUT2D eigenvalue weighted by Crippen LogP contribution is 2.60. The van der Waals surface area contributed by atoms with Crippen LogP contribution >= 0.6 is 15.9 Å². The van der Waals surface area contributed by atoms with E-state index >= 15 is 0 Å². The van der Waals surface area contributed by atoms with Crippen molar-refractivity contribution in [1.29, 1.82) is 0 Å². The van der Waals surface area contributed by atoms with Crippen LogP contribution in [-0.2, 0) is 15.3 Å². The van der Waals surface area contributed by atoms with Crippen LogP contribution < -0.4 is 4.90 Å². The van der Waals surface area contributed by atoms with Gasteiger partial charge in [-0.25, -0.2) is 0 Å². The first kappa shape index (κ1) is 18.8. The molecule has 1 aromatic carbocycles. The number of ketones is 1. The van der Waals surface area contributed by atoms with Gasteiger partial charge in [-0.3, -0.25) is 19.4 Å². The molecule has 5 aliphatic heterocycles. The fourth-order valence-electron chi connectivity index (χ4n) is 6.52. The van der Waals surface area contributed by atoms with Crippen LogP contribution in [0.1, 0.15) is 45.6 Å². The number of rotatable bonds is 4. The summed E-state index contributed by atoms with van der Waals surface area (Å²) >= 11 is 3.62. The van der Waals surface area contributed by atoms with Crippen molar-refractivity contribution in [2.45, 2.75) is 45.7 Å². The van der Waals surface area contributed by atoms with E-state index in [0.717, 1.165) is 35.0 Å². The van der Waals surface area contributed by atoms with E-state index in [1.54, 1.807) is 0 Å². The van der Waals surface area contributed by atoms with Gasteiger partial charge in [-0.05, 0) is 31.5 Å². The minimum Gasteiger partial charge on any atom is -0.309 e. The first-order chi connectivity index (χ1) is 13.3. The van der Waals surface area contributed by atoms with Gasteiger partial charge in [0.15, 0.2) is 5.66 Å². The number of piperidine rings is 2. The van der Waals surface area contributed by atoms with Crippen molar-refractivity contribution < 1.29 is 9.59 Å². The first-order valence-electron chi connectivity index (χ1n) is 10.5. The molecule has 1 spiro atoms. The topological polar surface area (TPSA) is 43.9 Å². The molecule has 5 aliphatic rings. The molecule has 5 heterocycles. The number of Topliss-reactive ketones (excluding diaryl/α,β-unsaturated/α-hetero) is 1. The highest BCUT2D eigenvalue weighted by Gasteiger charge is 2.72. The van der Waals surface area contributed by atoms with Gasteiger partial charge in [-0.2, -0.15) is 0 Å². The van der Waals surface area contributed by atoms with E-state index < -0.39 is 5.66 Å². The number of hydrogen-bond acceptors (Lipinski definition) is 4. The van der Waals surface area contributed by atoms with Gasteiger partial charge in [0.1, 0.15) is 5.78 Å². The Balaban J connectivity index is 1.68. The third-order valence-corrected chi connectivity index (χ3v) is 8.00. The van der Waals surface area contributed by atoms with Crippen LogP contribution in [0.2, 0.25) is 0 Å². The zero-order valence-corrected chi connectivity index (χ0v) is 18.5. The lowest BCUT2D eigenvalue weighted by atomic mass is 9.58. The van der Waals surface area contributed by atoms with Gasteiger partial charge >= 0.3 is 0 Å². The molecule has 0 radical (unpaired) electrons. The van der Waals surface area contributed by atoms with Crippen molar-refractivity contribution in [1.82, 2.24) is 9.80 Å². The van der Waals surface area contributed by atoms with Crippen molar-refractivity contribution >= 4 is 33.3 Å². The molecule has 0 aliphatic carbocycles. The second-order valence-electron chi connectivity index (χ2n) is 9.37. The summed E-state index contributed by atoms with van der Waals surface area (Å²) in [4.78, 5) is 34.0. The standard InChI is InChI=1S/C22H28BrN3O2/c1-4-6-9-21-13-24-11-20(3,18(21)27)12-25(14-21)22(24)16-10-15(23)7-8-17(16)26(5-2)19(22)28/h7-8,10H,4-6,9,11-14H2,1-3H3. The molecule has 6 heteroatoms. The fraction of sp³-hybridized carbons (Fsp3) is 0.636. The van der Waals surface area contributed by atoms with E-state index in [0.29, 0.717) is 38.5 Å². The fourth-order valence-corrected chi connectivity index (χ4v) is 6.88. The number of unbranched alkanes of at least 4 members (excludes halogenated alkanes) is 1. The van der Waals surface area contributed by atoms with E-state index in [1.807, 2.05) is 17.9 Å². The maximum Gasteiger partial charge on any atom is 0.267 e. The zero-order chi connectivity index (χ0) is 19.9. The molecule has 0 aromatic heterocycles. The van der Waals surface area contributed by atoms with Gasteiger partial charge in [0.05, 0.1) is 16.5 Å². The molecule has 150 valence electrons. The van der Waals surface area contributed by atoms with Crippen molar-refractivity contribution in [3.8, 4) is 0 Å². The molecule has 1 aromatic rings. The number of likely N-dealkylation sites (N-methyl/N-ethyl adjacent to an activating group) is 1. The third kappa shape index (κ3) is 2.04. The number of nitrogens with zero attached hydrogens (tertiary/aromatic N) is 3. The monoisotopic (exact) mass is 445 g/mol. The highest BCUT2D eigenvalue weighted by molar-refractivity contribution is 9.10. The van der Waals surface area contributed by atoms with Crippen LogP contribution in [0.5, 0.6) is 0 Å². The Kier molecular flexibility index (Phi) is 3.95. The Morgan fingerprint density at radius 2 is 1.75 bits per heavy atom. The van der Waals surface area contributed by atoms with Crippen molar-refractivity contribution in [3.63, 3.8) is 0 Å². The minimum absolute atomic E-state index is 0.156. The summed E-state index contributed by atoms with van der Waals surface area (Å²) in [6, 6.07) is 6.19. The lowest BCUT2D eigenvalue weighted by Gasteiger charge is -2.68. The Hall–Kier alpha value is -1.24. The molecule has 0 saturated carbocycles. The second kappa shape index (κ2) is 5.89. The number of benzene rings is 1.